The van der Waals surface area contributed by atoms with Crippen molar-refractivity contribution in [3.05, 3.63) is 88.5 Å². The van der Waals surface area contributed by atoms with Crippen molar-refractivity contribution in [2.45, 2.75) is 32.9 Å². The minimum absolute atomic E-state index is 0.236. The van der Waals surface area contributed by atoms with Crippen molar-refractivity contribution in [1.82, 2.24) is 20.3 Å². The summed E-state index contributed by atoms with van der Waals surface area (Å²) in [6.07, 6.45) is 1.93. The van der Waals surface area contributed by atoms with Crippen LogP contribution in [0.15, 0.2) is 53.8 Å². The highest BCUT2D eigenvalue weighted by atomic mass is 19.1. The summed E-state index contributed by atoms with van der Waals surface area (Å²) in [6.45, 7) is 3.67. The molecule has 1 aromatic carbocycles. The van der Waals surface area contributed by atoms with Crippen LogP contribution < -0.4 is 5.32 Å². The first kappa shape index (κ1) is 19.6. The molecule has 3 heterocycles. The fraction of sp³-hybridized carbons (Fsp3) is 0.227. The summed E-state index contributed by atoms with van der Waals surface area (Å²) in [6, 6.07) is 11.9. The lowest BCUT2D eigenvalue weighted by atomic mass is 10.1. The third kappa shape index (κ3) is 4.32. The first-order valence-corrected chi connectivity index (χ1v) is 9.52. The van der Waals surface area contributed by atoms with Gasteiger partial charge in [0, 0.05) is 19.2 Å². The summed E-state index contributed by atoms with van der Waals surface area (Å²) < 4.78 is 13.4. The van der Waals surface area contributed by atoms with E-state index in [1.54, 1.807) is 38.2 Å². The monoisotopic (exact) mass is 405 g/mol. The number of aryl methyl sites for hydroxylation is 2. The summed E-state index contributed by atoms with van der Waals surface area (Å²) in [5, 5.41) is 6.94. The molecule has 0 saturated carbocycles. The van der Waals surface area contributed by atoms with E-state index in [2.05, 4.69) is 25.4 Å². The Morgan fingerprint density at radius 3 is 2.83 bits per heavy atom. The van der Waals surface area contributed by atoms with Gasteiger partial charge in [-0.25, -0.2) is 14.4 Å². The van der Waals surface area contributed by atoms with Gasteiger partial charge in [-0.05, 0) is 49.2 Å². The molecule has 0 fully saturated rings. The molecular weight excluding hydrogens is 385 g/mol. The molecule has 152 valence electrons. The van der Waals surface area contributed by atoms with Gasteiger partial charge in [0.05, 0.1) is 11.4 Å². The van der Waals surface area contributed by atoms with Crippen molar-refractivity contribution in [2.24, 2.45) is 5.16 Å². The van der Waals surface area contributed by atoms with Crippen LogP contribution in [0.3, 0.4) is 0 Å². The average molecular weight is 405 g/mol. The summed E-state index contributed by atoms with van der Waals surface area (Å²) in [5.41, 5.74) is 3.54. The number of nitrogens with one attached hydrogen (secondary N) is 1. The third-order valence-electron chi connectivity index (χ3n) is 4.73. The van der Waals surface area contributed by atoms with E-state index in [9.17, 15) is 9.18 Å². The first-order valence-electron chi connectivity index (χ1n) is 9.52. The normalized spacial score (nSPS) is 15.4. The third-order valence-corrected chi connectivity index (χ3v) is 4.73. The molecule has 1 N–H and O–H groups in total. The molecule has 0 spiro atoms. The van der Waals surface area contributed by atoms with Gasteiger partial charge >= 0.3 is 0 Å². The topological polar surface area (TPSA) is 89.4 Å². The van der Waals surface area contributed by atoms with E-state index >= 15 is 0 Å². The van der Waals surface area contributed by atoms with Crippen LogP contribution in [0.25, 0.3) is 0 Å². The number of rotatable bonds is 5. The Morgan fingerprint density at radius 1 is 1.20 bits per heavy atom. The average Bonchev–Trinajstić information content (AvgIpc) is 3.25. The highest BCUT2D eigenvalue weighted by Crippen LogP contribution is 2.27. The molecule has 30 heavy (non-hydrogen) atoms. The molecule has 2 aromatic heterocycles. The Bertz CT molecular complexity index is 1120. The quantitative estimate of drug-likeness (QED) is 0.703. The van der Waals surface area contributed by atoms with E-state index in [1.807, 2.05) is 18.2 Å². The molecule has 0 bridgehead atoms. The van der Waals surface area contributed by atoms with Gasteiger partial charge < -0.3 is 10.2 Å². The Labute approximate surface area is 173 Å². The van der Waals surface area contributed by atoms with Crippen molar-refractivity contribution in [1.29, 1.82) is 0 Å². The minimum Gasteiger partial charge on any atom is -0.385 e. The van der Waals surface area contributed by atoms with E-state index in [4.69, 9.17) is 4.84 Å². The number of nitrogens with zero attached hydrogens (tertiary/aromatic N) is 4. The molecule has 8 heteroatoms. The second kappa shape index (κ2) is 8.36. The van der Waals surface area contributed by atoms with E-state index in [0.717, 1.165) is 11.3 Å². The van der Waals surface area contributed by atoms with Gasteiger partial charge in [-0.15, -0.1) is 0 Å². The molecule has 3 aromatic rings. The zero-order chi connectivity index (χ0) is 21.1. The van der Waals surface area contributed by atoms with Crippen LogP contribution in [0.2, 0.25) is 0 Å². The van der Waals surface area contributed by atoms with Crippen LogP contribution in [-0.2, 0) is 11.4 Å². The van der Waals surface area contributed by atoms with E-state index in [1.165, 1.54) is 6.07 Å². The van der Waals surface area contributed by atoms with Gasteiger partial charge in [-0.3, -0.25) is 9.78 Å². The number of carbonyl (C=O) groups excluding carboxylic acids is 1. The standard InChI is InChI=1S/C22H20FN5O2/c1-13-9-15(6-7-16(13)23)12-25-22(29)20-10-18(26-14(2)27-20)19-11-21(30-28-19)17-5-3-4-8-24-17/h3-10,21H,11-12H2,1-2H3,(H,25,29). The fourth-order valence-electron chi connectivity index (χ4n) is 3.18. The number of hydrogen-bond acceptors (Lipinski definition) is 6. The number of carbonyl (C=O) groups is 1. The Balaban J connectivity index is 1.46. The highest BCUT2D eigenvalue weighted by molar-refractivity contribution is 6.01. The number of hydrogen-bond donors (Lipinski definition) is 1. The molecule has 7 nitrogen and oxygen atoms in total. The number of benzene rings is 1. The van der Waals surface area contributed by atoms with Crippen LogP contribution in [0.4, 0.5) is 4.39 Å². The van der Waals surface area contributed by atoms with E-state index in [-0.39, 0.29) is 30.1 Å². The van der Waals surface area contributed by atoms with Gasteiger partial charge in [-0.2, -0.15) is 0 Å². The molecule has 0 aliphatic carbocycles. The fourth-order valence-corrected chi connectivity index (χ4v) is 3.18. The molecule has 1 unspecified atom stereocenters. The molecule has 4 rings (SSSR count). The first-order chi connectivity index (χ1) is 14.5. The number of halogens is 1. The minimum atomic E-state index is -0.343. The Morgan fingerprint density at radius 2 is 2.07 bits per heavy atom. The maximum atomic E-state index is 13.4. The SMILES string of the molecule is Cc1nc(C(=O)NCc2ccc(F)c(C)c2)cc(C2=NOC(c3ccccn3)C2)n1. The summed E-state index contributed by atoms with van der Waals surface area (Å²) in [5.74, 6) is -0.159. The van der Waals surface area contributed by atoms with E-state index in [0.29, 0.717) is 29.2 Å². The number of pyridine rings is 1. The lowest BCUT2D eigenvalue weighted by Crippen LogP contribution is -2.25. The van der Waals surface area contributed by atoms with Crippen molar-refractivity contribution in [3.63, 3.8) is 0 Å². The highest BCUT2D eigenvalue weighted by Gasteiger charge is 2.26. The van der Waals surface area contributed by atoms with Crippen molar-refractivity contribution in [3.8, 4) is 0 Å². The Hall–Kier alpha value is -3.68. The van der Waals surface area contributed by atoms with Crippen LogP contribution in [0, 0.1) is 19.7 Å². The maximum Gasteiger partial charge on any atom is 0.270 e. The number of aromatic nitrogens is 3. The number of amides is 1. The summed E-state index contributed by atoms with van der Waals surface area (Å²) >= 11 is 0. The zero-order valence-electron chi connectivity index (χ0n) is 16.6. The van der Waals surface area contributed by atoms with Gasteiger partial charge in [0.15, 0.2) is 6.10 Å². The lowest BCUT2D eigenvalue weighted by molar-refractivity contribution is 0.0826. The van der Waals surface area contributed by atoms with Crippen LogP contribution in [0.1, 0.15) is 51.4 Å². The summed E-state index contributed by atoms with van der Waals surface area (Å²) in [4.78, 5) is 31.1. The molecule has 0 radical (unpaired) electrons. The summed E-state index contributed by atoms with van der Waals surface area (Å²) in [7, 11) is 0. The molecule has 1 amide bonds. The van der Waals surface area contributed by atoms with Crippen molar-refractivity contribution >= 4 is 11.6 Å². The van der Waals surface area contributed by atoms with Gasteiger partial charge in [0.2, 0.25) is 0 Å². The van der Waals surface area contributed by atoms with Crippen molar-refractivity contribution < 1.29 is 14.0 Å². The zero-order valence-corrected chi connectivity index (χ0v) is 16.6. The van der Waals surface area contributed by atoms with Gasteiger partial charge in [-0.1, -0.05) is 23.4 Å². The van der Waals surface area contributed by atoms with Crippen molar-refractivity contribution in [2.75, 3.05) is 0 Å². The predicted octanol–water partition coefficient (Wildman–Crippen LogP) is 3.42. The van der Waals surface area contributed by atoms with Gasteiger partial charge in [0.25, 0.3) is 5.91 Å². The predicted molar refractivity (Wildman–Crippen MR) is 108 cm³/mol. The maximum absolute atomic E-state index is 13.4. The van der Waals surface area contributed by atoms with Crippen LogP contribution in [0.5, 0.6) is 0 Å². The molecule has 0 saturated heterocycles. The molecular formula is C22H20FN5O2. The van der Waals surface area contributed by atoms with Crippen LogP contribution >= 0.6 is 0 Å². The Kier molecular flexibility index (Phi) is 5.47. The molecule has 1 aliphatic rings. The van der Waals surface area contributed by atoms with E-state index < -0.39 is 0 Å². The number of oxime groups is 1. The van der Waals surface area contributed by atoms with Crippen LogP contribution in [-0.4, -0.2) is 26.6 Å². The second-order valence-electron chi connectivity index (χ2n) is 7.04. The lowest BCUT2D eigenvalue weighted by Gasteiger charge is -2.08. The second-order valence-corrected chi connectivity index (χ2v) is 7.04. The molecule has 1 aliphatic heterocycles. The molecule has 1 atom stereocenters. The smallest absolute Gasteiger partial charge is 0.270 e. The largest absolute Gasteiger partial charge is 0.385 e. The van der Waals surface area contributed by atoms with Gasteiger partial charge in [0.1, 0.15) is 23.0 Å².